The maximum atomic E-state index is 4.70. The van der Waals surface area contributed by atoms with Crippen LogP contribution in [0.15, 0.2) is 59.7 Å². The van der Waals surface area contributed by atoms with Gasteiger partial charge >= 0.3 is 0 Å². The molecule has 1 fully saturated rings. The maximum Gasteiger partial charge on any atom is 0.164 e. The molecule has 0 amide bonds. The molecule has 1 saturated heterocycles. The molecule has 0 radical (unpaired) electrons. The number of piperidine rings is 1. The van der Waals surface area contributed by atoms with Crippen LogP contribution in [0.2, 0.25) is 0 Å². The van der Waals surface area contributed by atoms with E-state index < -0.39 is 0 Å². The number of hydrogen-bond acceptors (Lipinski definition) is 4. The Morgan fingerprint density at radius 1 is 0.931 bits per heavy atom. The van der Waals surface area contributed by atoms with Crippen molar-refractivity contribution in [3.63, 3.8) is 0 Å². The Morgan fingerprint density at radius 3 is 2.59 bits per heavy atom. The quantitative estimate of drug-likeness (QED) is 0.423. The van der Waals surface area contributed by atoms with Crippen LogP contribution < -0.4 is 0 Å². The Balaban J connectivity index is 1.26. The highest BCUT2D eigenvalue weighted by Crippen LogP contribution is 2.25. The lowest BCUT2D eigenvalue weighted by atomic mass is 10.0. The van der Waals surface area contributed by atoms with E-state index in [1.807, 2.05) is 17.1 Å². The second-order valence-corrected chi connectivity index (χ2v) is 8.65. The normalized spacial score (nSPS) is 15.2. The monoisotopic (exact) mass is 402 g/mol. The Kier molecular flexibility index (Phi) is 5.41. The molecule has 0 N–H and O–H groups in total. The maximum absolute atomic E-state index is 4.70. The highest BCUT2D eigenvalue weighted by atomic mass is 32.1. The van der Waals surface area contributed by atoms with Crippen molar-refractivity contribution in [1.82, 2.24) is 19.4 Å². The first-order valence-corrected chi connectivity index (χ1v) is 11.5. The van der Waals surface area contributed by atoms with Gasteiger partial charge in [0.15, 0.2) is 5.65 Å². The first-order valence-electron chi connectivity index (χ1n) is 10.5. The molecule has 4 nitrogen and oxygen atoms in total. The molecule has 29 heavy (non-hydrogen) atoms. The fraction of sp³-hybridized carbons (Fsp3) is 0.333. The minimum Gasteiger partial charge on any atom is -0.303 e. The molecule has 4 aromatic rings. The van der Waals surface area contributed by atoms with Gasteiger partial charge in [-0.05, 0) is 74.0 Å². The zero-order valence-electron chi connectivity index (χ0n) is 16.6. The molecule has 1 aliphatic heterocycles. The molecule has 0 bridgehead atoms. The minimum atomic E-state index is 0.904. The third-order valence-electron chi connectivity index (χ3n) is 5.85. The number of pyridine rings is 1. The molecule has 0 unspecified atom stereocenters. The number of fused-ring (bicyclic) bond motifs is 1. The van der Waals surface area contributed by atoms with Gasteiger partial charge in [0.1, 0.15) is 11.8 Å². The summed E-state index contributed by atoms with van der Waals surface area (Å²) >= 11 is 1.68. The SMILES string of the molecule is c1cc(-n2cnc3cc(-c4ccc(CCCN5CCCCC5)cc4)cnc32)cs1. The van der Waals surface area contributed by atoms with E-state index in [-0.39, 0.29) is 0 Å². The second kappa shape index (κ2) is 8.47. The lowest BCUT2D eigenvalue weighted by molar-refractivity contribution is 0.226. The number of aryl methyl sites for hydroxylation is 1. The van der Waals surface area contributed by atoms with Crippen molar-refractivity contribution in [3.8, 4) is 16.8 Å². The number of benzene rings is 1. The minimum absolute atomic E-state index is 0.904. The van der Waals surface area contributed by atoms with Crippen LogP contribution in [0, 0.1) is 0 Å². The number of aromatic nitrogens is 3. The second-order valence-electron chi connectivity index (χ2n) is 7.87. The summed E-state index contributed by atoms with van der Waals surface area (Å²) in [6, 6.07) is 13.2. The summed E-state index contributed by atoms with van der Waals surface area (Å²) in [6.45, 7) is 3.81. The molecule has 1 aliphatic rings. The van der Waals surface area contributed by atoms with Crippen molar-refractivity contribution in [3.05, 3.63) is 65.2 Å². The van der Waals surface area contributed by atoms with Gasteiger partial charge in [0.25, 0.3) is 0 Å². The van der Waals surface area contributed by atoms with Gasteiger partial charge in [0.05, 0.1) is 5.69 Å². The van der Waals surface area contributed by atoms with Gasteiger partial charge < -0.3 is 4.90 Å². The molecular formula is C24H26N4S. The summed E-state index contributed by atoms with van der Waals surface area (Å²) in [6.07, 6.45) is 10.4. The van der Waals surface area contributed by atoms with E-state index in [4.69, 9.17) is 4.98 Å². The third kappa shape index (κ3) is 4.11. The summed E-state index contributed by atoms with van der Waals surface area (Å²) in [5, 5.41) is 4.18. The van der Waals surface area contributed by atoms with E-state index in [2.05, 4.69) is 57.0 Å². The van der Waals surface area contributed by atoms with Gasteiger partial charge in [-0.25, -0.2) is 9.97 Å². The number of likely N-dealkylation sites (tertiary alicyclic amines) is 1. The average Bonchev–Trinajstić information content (AvgIpc) is 3.44. The van der Waals surface area contributed by atoms with Crippen LogP contribution in [-0.2, 0) is 6.42 Å². The van der Waals surface area contributed by atoms with Crippen LogP contribution in [0.1, 0.15) is 31.2 Å². The van der Waals surface area contributed by atoms with Gasteiger partial charge in [-0.3, -0.25) is 4.57 Å². The number of thiophene rings is 1. The van der Waals surface area contributed by atoms with Gasteiger partial charge in [0, 0.05) is 17.1 Å². The van der Waals surface area contributed by atoms with E-state index in [9.17, 15) is 0 Å². The first kappa shape index (κ1) is 18.5. The number of nitrogens with zero attached hydrogens (tertiary/aromatic N) is 4. The fourth-order valence-electron chi connectivity index (χ4n) is 4.20. The van der Waals surface area contributed by atoms with Crippen molar-refractivity contribution >= 4 is 22.5 Å². The van der Waals surface area contributed by atoms with Crippen LogP contribution in [0.3, 0.4) is 0 Å². The van der Waals surface area contributed by atoms with E-state index in [1.54, 1.807) is 11.3 Å². The summed E-state index contributed by atoms with van der Waals surface area (Å²) in [4.78, 5) is 11.9. The van der Waals surface area contributed by atoms with Crippen LogP contribution in [0.25, 0.3) is 28.0 Å². The topological polar surface area (TPSA) is 34.0 Å². The number of imidazole rings is 1. The van der Waals surface area contributed by atoms with Crippen molar-refractivity contribution in [2.24, 2.45) is 0 Å². The standard InChI is InChI=1S/C24H26N4S/c1-2-11-27(12-3-1)13-4-5-19-6-8-20(9-7-19)21-15-23-24(25-16-21)28(18-26-23)22-10-14-29-17-22/h6-10,14-18H,1-5,11-13H2. The Bertz CT molecular complexity index is 1060. The molecule has 0 atom stereocenters. The molecule has 0 saturated carbocycles. The van der Waals surface area contributed by atoms with Gasteiger partial charge in [-0.15, -0.1) is 0 Å². The predicted octanol–water partition coefficient (Wildman–Crippen LogP) is 5.57. The fourth-order valence-corrected chi connectivity index (χ4v) is 4.82. The summed E-state index contributed by atoms with van der Waals surface area (Å²) < 4.78 is 2.04. The Morgan fingerprint density at radius 2 is 1.79 bits per heavy atom. The molecule has 4 heterocycles. The van der Waals surface area contributed by atoms with Crippen molar-refractivity contribution < 1.29 is 0 Å². The molecule has 5 heteroatoms. The molecule has 0 aliphatic carbocycles. The molecule has 5 rings (SSSR count). The molecule has 1 aromatic carbocycles. The van der Waals surface area contributed by atoms with Crippen LogP contribution in [-0.4, -0.2) is 39.1 Å². The van der Waals surface area contributed by atoms with E-state index in [0.29, 0.717) is 0 Å². The zero-order valence-corrected chi connectivity index (χ0v) is 17.4. The van der Waals surface area contributed by atoms with E-state index >= 15 is 0 Å². The lowest BCUT2D eigenvalue weighted by Gasteiger charge is -2.26. The van der Waals surface area contributed by atoms with Gasteiger partial charge in [0.2, 0.25) is 0 Å². The largest absolute Gasteiger partial charge is 0.303 e. The van der Waals surface area contributed by atoms with Gasteiger partial charge in [-0.1, -0.05) is 30.7 Å². The highest BCUT2D eigenvalue weighted by Gasteiger charge is 2.10. The molecule has 3 aromatic heterocycles. The van der Waals surface area contributed by atoms with Crippen LogP contribution >= 0.6 is 11.3 Å². The Labute approximate surface area is 175 Å². The average molecular weight is 403 g/mol. The van der Waals surface area contributed by atoms with Crippen LogP contribution in [0.5, 0.6) is 0 Å². The summed E-state index contributed by atoms with van der Waals surface area (Å²) in [5.74, 6) is 0. The number of rotatable bonds is 6. The molecule has 0 spiro atoms. The number of hydrogen-bond donors (Lipinski definition) is 0. The lowest BCUT2D eigenvalue weighted by Crippen LogP contribution is -2.30. The molecular weight excluding hydrogens is 376 g/mol. The van der Waals surface area contributed by atoms with Crippen molar-refractivity contribution in [1.29, 1.82) is 0 Å². The van der Waals surface area contributed by atoms with Crippen molar-refractivity contribution in [2.45, 2.75) is 32.1 Å². The molecule has 148 valence electrons. The Hall–Kier alpha value is -2.50. The summed E-state index contributed by atoms with van der Waals surface area (Å²) in [5.41, 5.74) is 6.69. The van der Waals surface area contributed by atoms with Crippen LogP contribution in [0.4, 0.5) is 0 Å². The summed E-state index contributed by atoms with van der Waals surface area (Å²) in [7, 11) is 0. The third-order valence-corrected chi connectivity index (χ3v) is 6.52. The van der Waals surface area contributed by atoms with Crippen molar-refractivity contribution in [2.75, 3.05) is 19.6 Å². The smallest absolute Gasteiger partial charge is 0.164 e. The van der Waals surface area contributed by atoms with E-state index in [0.717, 1.165) is 28.8 Å². The zero-order chi connectivity index (χ0) is 19.5. The predicted molar refractivity (Wildman–Crippen MR) is 121 cm³/mol. The first-order chi connectivity index (χ1) is 14.4. The van der Waals surface area contributed by atoms with Gasteiger partial charge in [-0.2, -0.15) is 11.3 Å². The highest BCUT2D eigenvalue weighted by molar-refractivity contribution is 7.08. The van der Waals surface area contributed by atoms with E-state index in [1.165, 1.54) is 56.4 Å².